The number of aromatic nitrogens is 3. The van der Waals surface area contributed by atoms with Crippen LogP contribution in [0.15, 0.2) is 53.4 Å². The molecule has 2 heterocycles. The molecule has 88 valence electrons. The highest BCUT2D eigenvalue weighted by atomic mass is 32.1. The second kappa shape index (κ2) is 4.54. The normalized spacial score (nSPS) is 10.4. The molecule has 3 aromatic rings. The maximum atomic E-state index is 12.3. The van der Waals surface area contributed by atoms with Gasteiger partial charge < -0.3 is 0 Å². The van der Waals surface area contributed by atoms with Crippen LogP contribution in [-0.4, -0.2) is 20.8 Å². The zero-order valence-electron chi connectivity index (χ0n) is 9.35. The Labute approximate surface area is 108 Å². The Morgan fingerprint density at radius 2 is 2.00 bits per heavy atom. The standard InChI is InChI=1S/C13H9N3OS/c17-13(10-6-7-18-9-10)12-8-14-15-16(12)11-4-2-1-3-5-11/h1-9H. The lowest BCUT2D eigenvalue weighted by molar-refractivity contribution is 0.103. The molecule has 5 heteroatoms. The molecule has 3 rings (SSSR count). The van der Waals surface area contributed by atoms with E-state index in [0.717, 1.165) is 5.69 Å². The van der Waals surface area contributed by atoms with Gasteiger partial charge in [-0.05, 0) is 23.6 Å². The summed E-state index contributed by atoms with van der Waals surface area (Å²) in [6, 6.07) is 11.3. The molecule has 0 unspecified atom stereocenters. The average molecular weight is 255 g/mol. The van der Waals surface area contributed by atoms with Crippen LogP contribution in [0.1, 0.15) is 16.1 Å². The summed E-state index contributed by atoms with van der Waals surface area (Å²) in [5.74, 6) is -0.0647. The maximum absolute atomic E-state index is 12.3. The number of para-hydroxylation sites is 1. The van der Waals surface area contributed by atoms with Gasteiger partial charge in [-0.15, -0.1) is 5.10 Å². The largest absolute Gasteiger partial charge is 0.287 e. The molecular weight excluding hydrogens is 246 g/mol. The van der Waals surface area contributed by atoms with E-state index in [1.54, 1.807) is 10.7 Å². The molecule has 0 radical (unpaired) electrons. The SMILES string of the molecule is O=C(c1ccsc1)c1cnnn1-c1ccccc1. The number of hydrogen-bond acceptors (Lipinski definition) is 4. The maximum Gasteiger partial charge on any atom is 0.213 e. The van der Waals surface area contributed by atoms with Gasteiger partial charge in [-0.2, -0.15) is 11.3 Å². The lowest BCUT2D eigenvalue weighted by Crippen LogP contribution is -2.09. The summed E-state index contributed by atoms with van der Waals surface area (Å²) in [5, 5.41) is 11.5. The van der Waals surface area contributed by atoms with Gasteiger partial charge in [0.15, 0.2) is 0 Å². The fraction of sp³-hybridized carbons (Fsp3) is 0. The number of benzene rings is 1. The van der Waals surface area contributed by atoms with Gasteiger partial charge in [0.25, 0.3) is 0 Å². The fourth-order valence-electron chi connectivity index (χ4n) is 1.69. The van der Waals surface area contributed by atoms with Gasteiger partial charge in [-0.3, -0.25) is 4.79 Å². The molecule has 0 bridgehead atoms. The molecule has 0 amide bonds. The highest BCUT2D eigenvalue weighted by Gasteiger charge is 2.16. The first-order valence-electron chi connectivity index (χ1n) is 5.39. The molecule has 0 spiro atoms. The summed E-state index contributed by atoms with van der Waals surface area (Å²) in [7, 11) is 0. The first-order valence-corrected chi connectivity index (χ1v) is 6.33. The van der Waals surface area contributed by atoms with E-state index in [2.05, 4.69) is 10.3 Å². The van der Waals surface area contributed by atoms with Crippen molar-refractivity contribution in [2.24, 2.45) is 0 Å². The number of ketones is 1. The van der Waals surface area contributed by atoms with Crippen molar-refractivity contribution < 1.29 is 4.79 Å². The lowest BCUT2D eigenvalue weighted by Gasteiger charge is -2.03. The third kappa shape index (κ3) is 1.84. The van der Waals surface area contributed by atoms with E-state index >= 15 is 0 Å². The van der Waals surface area contributed by atoms with Gasteiger partial charge >= 0.3 is 0 Å². The third-order valence-corrected chi connectivity index (χ3v) is 3.25. The van der Waals surface area contributed by atoms with Crippen LogP contribution in [-0.2, 0) is 0 Å². The minimum Gasteiger partial charge on any atom is -0.287 e. The van der Waals surface area contributed by atoms with Crippen LogP contribution in [0.25, 0.3) is 5.69 Å². The Kier molecular flexibility index (Phi) is 2.74. The number of thiophene rings is 1. The van der Waals surface area contributed by atoms with E-state index in [1.165, 1.54) is 17.5 Å². The van der Waals surface area contributed by atoms with Crippen LogP contribution in [0.4, 0.5) is 0 Å². The van der Waals surface area contributed by atoms with E-state index in [4.69, 9.17) is 0 Å². The second-order valence-corrected chi connectivity index (χ2v) is 4.49. The summed E-state index contributed by atoms with van der Waals surface area (Å²) in [4.78, 5) is 12.3. The second-order valence-electron chi connectivity index (χ2n) is 3.71. The van der Waals surface area contributed by atoms with Crippen molar-refractivity contribution >= 4 is 17.1 Å². The van der Waals surface area contributed by atoms with Crippen LogP contribution >= 0.6 is 11.3 Å². The van der Waals surface area contributed by atoms with E-state index in [1.807, 2.05) is 41.1 Å². The molecule has 0 aliphatic rings. The number of carbonyl (C=O) groups is 1. The zero-order chi connectivity index (χ0) is 12.4. The molecule has 0 N–H and O–H groups in total. The van der Waals surface area contributed by atoms with Crippen LogP contribution in [0, 0.1) is 0 Å². The molecule has 4 nitrogen and oxygen atoms in total. The molecule has 2 aromatic heterocycles. The highest BCUT2D eigenvalue weighted by molar-refractivity contribution is 7.08. The van der Waals surface area contributed by atoms with E-state index < -0.39 is 0 Å². The molecule has 0 saturated carbocycles. The molecule has 0 saturated heterocycles. The van der Waals surface area contributed by atoms with Gasteiger partial charge in [0, 0.05) is 10.9 Å². The summed E-state index contributed by atoms with van der Waals surface area (Å²) in [6.45, 7) is 0. The van der Waals surface area contributed by atoms with Crippen LogP contribution < -0.4 is 0 Å². The van der Waals surface area contributed by atoms with Gasteiger partial charge in [0.05, 0.1) is 11.9 Å². The first-order chi connectivity index (χ1) is 8.86. The van der Waals surface area contributed by atoms with Crippen molar-refractivity contribution in [2.45, 2.75) is 0 Å². The quantitative estimate of drug-likeness (QED) is 0.676. The van der Waals surface area contributed by atoms with Gasteiger partial charge in [-0.1, -0.05) is 23.4 Å². The monoisotopic (exact) mass is 255 g/mol. The summed E-state index contributed by atoms with van der Waals surface area (Å²) in [6.07, 6.45) is 1.49. The van der Waals surface area contributed by atoms with Crippen molar-refractivity contribution in [1.29, 1.82) is 0 Å². The van der Waals surface area contributed by atoms with E-state index in [-0.39, 0.29) is 5.78 Å². The van der Waals surface area contributed by atoms with E-state index in [9.17, 15) is 4.79 Å². The number of rotatable bonds is 3. The van der Waals surface area contributed by atoms with Crippen molar-refractivity contribution in [2.75, 3.05) is 0 Å². The smallest absolute Gasteiger partial charge is 0.213 e. The van der Waals surface area contributed by atoms with Crippen LogP contribution in [0.2, 0.25) is 0 Å². The summed E-state index contributed by atoms with van der Waals surface area (Å²) < 4.78 is 1.56. The zero-order valence-corrected chi connectivity index (χ0v) is 10.2. The average Bonchev–Trinajstić information content (AvgIpc) is 3.10. The summed E-state index contributed by atoms with van der Waals surface area (Å²) >= 11 is 1.50. The number of carbonyl (C=O) groups excluding carboxylic acids is 1. The highest BCUT2D eigenvalue weighted by Crippen LogP contribution is 2.15. The molecule has 0 aliphatic heterocycles. The molecule has 0 aliphatic carbocycles. The molecule has 0 atom stereocenters. The molecule has 1 aromatic carbocycles. The molecular formula is C13H9N3OS. The minimum absolute atomic E-state index is 0.0647. The first kappa shape index (κ1) is 10.9. The Hall–Kier alpha value is -2.27. The third-order valence-electron chi connectivity index (χ3n) is 2.57. The predicted molar refractivity (Wildman–Crippen MR) is 69.1 cm³/mol. The Balaban J connectivity index is 2.05. The predicted octanol–water partition coefficient (Wildman–Crippen LogP) is 2.56. The molecule has 0 fully saturated rings. The minimum atomic E-state index is -0.0647. The lowest BCUT2D eigenvalue weighted by atomic mass is 10.2. The van der Waals surface area contributed by atoms with Crippen molar-refractivity contribution in [3.8, 4) is 5.69 Å². The van der Waals surface area contributed by atoms with Crippen molar-refractivity contribution in [3.05, 3.63) is 64.6 Å². The van der Waals surface area contributed by atoms with Gasteiger partial charge in [0.1, 0.15) is 5.69 Å². The Morgan fingerprint density at radius 1 is 1.17 bits per heavy atom. The number of hydrogen-bond donors (Lipinski definition) is 0. The topological polar surface area (TPSA) is 47.8 Å². The van der Waals surface area contributed by atoms with Crippen LogP contribution in [0.5, 0.6) is 0 Å². The number of nitrogens with zero attached hydrogens (tertiary/aromatic N) is 3. The van der Waals surface area contributed by atoms with E-state index in [0.29, 0.717) is 11.3 Å². The fourth-order valence-corrected chi connectivity index (χ4v) is 2.33. The Bertz CT molecular complexity index is 659. The van der Waals surface area contributed by atoms with Gasteiger partial charge in [0.2, 0.25) is 5.78 Å². The van der Waals surface area contributed by atoms with Crippen LogP contribution in [0.3, 0.4) is 0 Å². The van der Waals surface area contributed by atoms with Crippen molar-refractivity contribution in [3.63, 3.8) is 0 Å². The summed E-state index contributed by atoms with van der Waals surface area (Å²) in [5.41, 5.74) is 1.97. The van der Waals surface area contributed by atoms with Crippen molar-refractivity contribution in [1.82, 2.24) is 15.0 Å². The molecule has 18 heavy (non-hydrogen) atoms. The van der Waals surface area contributed by atoms with Gasteiger partial charge in [-0.25, -0.2) is 4.68 Å². The Morgan fingerprint density at radius 3 is 2.72 bits per heavy atom.